The number of amides is 1. The highest BCUT2D eigenvalue weighted by Gasteiger charge is 2.20. The number of carbonyl (C=O) groups excluding carboxylic acids is 1. The van der Waals surface area contributed by atoms with Crippen molar-refractivity contribution in [3.8, 4) is 18.0 Å². The van der Waals surface area contributed by atoms with Crippen LogP contribution in [-0.4, -0.2) is 37.4 Å². The number of nitrogens with zero attached hydrogens (tertiary/aromatic N) is 4. The molecular formula is C22H19N5O2S. The second-order valence-corrected chi connectivity index (χ2v) is 7.73. The van der Waals surface area contributed by atoms with Crippen molar-refractivity contribution in [2.75, 3.05) is 12.3 Å². The van der Waals surface area contributed by atoms with Gasteiger partial charge < -0.3 is 5.32 Å². The fourth-order valence-corrected chi connectivity index (χ4v) is 4.23. The SMILES string of the molecule is C#CCNC(=O)CSc1nnc2n(-c3c(C)cccc3C)c(=O)c3ccccc3n12. The molecule has 7 nitrogen and oxygen atoms in total. The first-order valence-electron chi connectivity index (χ1n) is 9.31. The van der Waals surface area contributed by atoms with Gasteiger partial charge in [-0.15, -0.1) is 16.6 Å². The van der Waals surface area contributed by atoms with E-state index in [1.54, 1.807) is 10.6 Å². The molecule has 0 saturated heterocycles. The Bertz CT molecular complexity index is 1360. The van der Waals surface area contributed by atoms with Crippen LogP contribution in [0.25, 0.3) is 22.4 Å². The quantitative estimate of drug-likeness (QED) is 0.399. The second-order valence-electron chi connectivity index (χ2n) is 6.79. The van der Waals surface area contributed by atoms with Crippen molar-refractivity contribution in [3.63, 3.8) is 0 Å². The molecule has 0 fully saturated rings. The topological polar surface area (TPSA) is 81.3 Å². The number of carbonyl (C=O) groups is 1. The van der Waals surface area contributed by atoms with Gasteiger partial charge in [-0.3, -0.25) is 14.0 Å². The molecule has 0 aliphatic heterocycles. The van der Waals surface area contributed by atoms with Gasteiger partial charge in [-0.1, -0.05) is 48.0 Å². The van der Waals surface area contributed by atoms with Crippen molar-refractivity contribution in [3.05, 3.63) is 63.9 Å². The summed E-state index contributed by atoms with van der Waals surface area (Å²) in [7, 11) is 0. The first-order valence-corrected chi connectivity index (χ1v) is 10.3. The number of hydrogen-bond donors (Lipinski definition) is 1. The lowest BCUT2D eigenvalue weighted by molar-refractivity contribution is -0.118. The number of benzene rings is 2. The van der Waals surface area contributed by atoms with Crippen molar-refractivity contribution >= 4 is 34.3 Å². The molecule has 0 atom stereocenters. The Kier molecular flexibility index (Phi) is 5.29. The maximum absolute atomic E-state index is 13.4. The average Bonchev–Trinajstić information content (AvgIpc) is 3.16. The standard InChI is InChI=1S/C22H19N5O2S/c1-4-12-23-18(28)13-30-22-25-24-21-26(22)17-11-6-5-10-16(17)20(29)27(21)19-14(2)8-7-9-15(19)3/h1,5-11H,12-13H2,2-3H3,(H,23,28). The van der Waals surface area contributed by atoms with Crippen molar-refractivity contribution in [1.82, 2.24) is 24.5 Å². The van der Waals surface area contributed by atoms with Crippen LogP contribution in [0, 0.1) is 26.2 Å². The van der Waals surface area contributed by atoms with Crippen LogP contribution < -0.4 is 10.9 Å². The first kappa shape index (κ1) is 19.7. The van der Waals surface area contributed by atoms with Crippen molar-refractivity contribution in [2.24, 2.45) is 0 Å². The average molecular weight is 417 g/mol. The smallest absolute Gasteiger partial charge is 0.267 e. The lowest BCUT2D eigenvalue weighted by Crippen LogP contribution is -2.25. The summed E-state index contributed by atoms with van der Waals surface area (Å²) in [6, 6.07) is 13.2. The number of aryl methyl sites for hydroxylation is 2. The van der Waals surface area contributed by atoms with E-state index in [0.717, 1.165) is 16.8 Å². The van der Waals surface area contributed by atoms with E-state index in [-0.39, 0.29) is 23.8 Å². The fraction of sp³-hybridized carbons (Fsp3) is 0.182. The molecule has 0 aliphatic carbocycles. The molecule has 8 heteroatoms. The Labute approximate surface area is 177 Å². The molecule has 150 valence electrons. The summed E-state index contributed by atoms with van der Waals surface area (Å²) in [6.07, 6.45) is 5.18. The van der Waals surface area contributed by atoms with Gasteiger partial charge in [-0.25, -0.2) is 4.57 Å². The predicted molar refractivity (Wildman–Crippen MR) is 118 cm³/mol. The third-order valence-corrected chi connectivity index (χ3v) is 5.71. The molecule has 4 aromatic rings. The number of hydrogen-bond acceptors (Lipinski definition) is 5. The molecule has 0 saturated carbocycles. The van der Waals surface area contributed by atoms with Crippen molar-refractivity contribution in [2.45, 2.75) is 19.0 Å². The van der Waals surface area contributed by atoms with Crippen LogP contribution in [0.4, 0.5) is 0 Å². The Hall–Kier alpha value is -3.57. The summed E-state index contributed by atoms with van der Waals surface area (Å²) in [4.78, 5) is 25.4. The molecule has 1 amide bonds. The maximum Gasteiger partial charge on any atom is 0.267 e. The van der Waals surface area contributed by atoms with Crippen LogP contribution in [0.15, 0.2) is 52.4 Å². The normalized spacial score (nSPS) is 11.0. The Balaban J connectivity index is 1.95. The minimum atomic E-state index is -0.193. The van der Waals surface area contributed by atoms with Crippen molar-refractivity contribution in [1.29, 1.82) is 0 Å². The number of para-hydroxylation sites is 2. The third-order valence-electron chi connectivity index (χ3n) is 4.78. The van der Waals surface area contributed by atoms with Gasteiger partial charge in [0.05, 0.1) is 28.9 Å². The number of rotatable bonds is 5. The molecule has 0 spiro atoms. The lowest BCUT2D eigenvalue weighted by Gasteiger charge is -2.15. The number of terminal acetylenes is 1. The number of nitrogens with one attached hydrogen (secondary N) is 1. The number of fused-ring (bicyclic) bond motifs is 3. The highest BCUT2D eigenvalue weighted by molar-refractivity contribution is 7.99. The van der Waals surface area contributed by atoms with Gasteiger partial charge in [0.15, 0.2) is 5.16 Å². The van der Waals surface area contributed by atoms with Crippen molar-refractivity contribution < 1.29 is 4.79 Å². The summed E-state index contributed by atoms with van der Waals surface area (Å²) < 4.78 is 3.42. The van der Waals surface area contributed by atoms with Crippen LogP contribution in [-0.2, 0) is 4.79 Å². The fourth-order valence-electron chi connectivity index (χ4n) is 3.46. The van der Waals surface area contributed by atoms with Crippen LogP contribution in [0.5, 0.6) is 0 Å². The summed E-state index contributed by atoms with van der Waals surface area (Å²) in [5, 5.41) is 12.3. The third kappa shape index (κ3) is 3.33. The van der Waals surface area contributed by atoms with Gasteiger partial charge in [0.1, 0.15) is 0 Å². The van der Waals surface area contributed by atoms with E-state index in [9.17, 15) is 9.59 Å². The lowest BCUT2D eigenvalue weighted by atomic mass is 10.1. The summed E-state index contributed by atoms with van der Waals surface area (Å²) in [6.45, 7) is 4.10. The minimum absolute atomic E-state index is 0.138. The first-order chi connectivity index (χ1) is 14.5. The largest absolute Gasteiger partial charge is 0.344 e. The Morgan fingerprint density at radius 3 is 2.60 bits per heavy atom. The summed E-state index contributed by atoms with van der Waals surface area (Å²) in [5.41, 5.74) is 3.23. The predicted octanol–water partition coefficient (Wildman–Crippen LogP) is 2.49. The number of aromatic nitrogens is 4. The van der Waals surface area contributed by atoms with Gasteiger partial charge in [0.2, 0.25) is 11.7 Å². The zero-order chi connectivity index (χ0) is 21.3. The Morgan fingerprint density at radius 1 is 1.13 bits per heavy atom. The molecule has 2 aromatic heterocycles. The molecule has 0 unspecified atom stereocenters. The van der Waals surface area contributed by atoms with Crippen LogP contribution in [0.1, 0.15) is 11.1 Å². The highest BCUT2D eigenvalue weighted by Crippen LogP contribution is 2.25. The molecule has 2 heterocycles. The van der Waals surface area contributed by atoms with E-state index in [1.165, 1.54) is 11.8 Å². The maximum atomic E-state index is 13.4. The molecule has 4 rings (SSSR count). The number of thioether (sulfide) groups is 1. The monoisotopic (exact) mass is 417 g/mol. The van der Waals surface area contributed by atoms with E-state index >= 15 is 0 Å². The van der Waals surface area contributed by atoms with Gasteiger partial charge in [-0.2, -0.15) is 0 Å². The van der Waals surface area contributed by atoms with Gasteiger partial charge in [0.25, 0.3) is 5.56 Å². The van der Waals surface area contributed by atoms with E-state index in [2.05, 4.69) is 21.4 Å². The summed E-state index contributed by atoms with van der Waals surface area (Å²) in [5.74, 6) is 2.73. The Morgan fingerprint density at radius 2 is 1.87 bits per heavy atom. The minimum Gasteiger partial charge on any atom is -0.344 e. The second kappa shape index (κ2) is 8.05. The zero-order valence-electron chi connectivity index (χ0n) is 16.5. The van der Waals surface area contributed by atoms with Gasteiger partial charge in [-0.05, 0) is 37.1 Å². The molecule has 0 aliphatic rings. The molecule has 0 bridgehead atoms. The molecular weight excluding hydrogens is 398 g/mol. The molecule has 2 aromatic carbocycles. The molecule has 1 N–H and O–H groups in total. The van der Waals surface area contributed by atoms with Crippen LogP contribution >= 0.6 is 11.8 Å². The van der Waals surface area contributed by atoms with E-state index < -0.39 is 0 Å². The highest BCUT2D eigenvalue weighted by atomic mass is 32.2. The zero-order valence-corrected chi connectivity index (χ0v) is 17.4. The van der Waals surface area contributed by atoms with E-state index in [4.69, 9.17) is 6.42 Å². The van der Waals surface area contributed by atoms with E-state index in [0.29, 0.717) is 21.8 Å². The van der Waals surface area contributed by atoms with Crippen LogP contribution in [0.3, 0.4) is 0 Å². The van der Waals surface area contributed by atoms with Crippen LogP contribution in [0.2, 0.25) is 0 Å². The van der Waals surface area contributed by atoms with E-state index in [1.807, 2.05) is 54.6 Å². The molecule has 30 heavy (non-hydrogen) atoms. The molecule has 0 radical (unpaired) electrons. The van der Waals surface area contributed by atoms with Gasteiger partial charge in [0, 0.05) is 0 Å². The summed E-state index contributed by atoms with van der Waals surface area (Å²) >= 11 is 1.24. The van der Waals surface area contributed by atoms with Gasteiger partial charge >= 0.3 is 0 Å².